The van der Waals surface area contributed by atoms with Crippen molar-refractivity contribution in [3.63, 3.8) is 0 Å². The first-order valence-corrected chi connectivity index (χ1v) is 9.26. The van der Waals surface area contributed by atoms with Gasteiger partial charge in [-0.1, -0.05) is 17.7 Å². The van der Waals surface area contributed by atoms with Crippen LogP contribution in [0.15, 0.2) is 41.8 Å². The van der Waals surface area contributed by atoms with Crippen LogP contribution in [0, 0.1) is 32.4 Å². The summed E-state index contributed by atoms with van der Waals surface area (Å²) in [7, 11) is 0. The van der Waals surface area contributed by atoms with E-state index in [4.69, 9.17) is 4.74 Å². The van der Waals surface area contributed by atoms with E-state index in [2.05, 4.69) is 17.4 Å². The quantitative estimate of drug-likeness (QED) is 0.602. The molecule has 0 fully saturated rings. The lowest BCUT2D eigenvalue weighted by Gasteiger charge is -2.12. The fourth-order valence-corrected chi connectivity index (χ4v) is 3.69. The molecule has 0 aliphatic heterocycles. The van der Waals surface area contributed by atoms with Crippen molar-refractivity contribution in [1.82, 2.24) is 0 Å². The second kappa shape index (κ2) is 7.88. The summed E-state index contributed by atoms with van der Waals surface area (Å²) in [4.78, 5) is 12.7. The van der Waals surface area contributed by atoms with Crippen molar-refractivity contribution in [2.24, 2.45) is 0 Å². The van der Waals surface area contributed by atoms with Gasteiger partial charge in [0.1, 0.15) is 24.0 Å². The highest BCUT2D eigenvalue weighted by Crippen LogP contribution is 2.26. The highest BCUT2D eigenvalue weighted by atomic mass is 32.1. The summed E-state index contributed by atoms with van der Waals surface area (Å²) in [6.45, 7) is 6.37. The maximum Gasteiger partial charge on any atom is 0.265 e. The minimum absolute atomic E-state index is 0.0569. The molecular formula is C21H19F2NO2S. The standard InChI is InChI=1S/C21H19F2NO2S/c1-12-6-13(2)20(14(3)7-12)26-10-15-8-19(27-11-15)21(25)24-18-5-4-16(22)9-17(18)23/h4-9,11H,10H2,1-3H3,(H,24,25). The predicted octanol–water partition coefficient (Wildman–Crippen LogP) is 5.78. The van der Waals surface area contributed by atoms with Crippen LogP contribution in [0.5, 0.6) is 5.75 Å². The molecule has 1 amide bonds. The number of benzene rings is 2. The van der Waals surface area contributed by atoms with Gasteiger partial charge in [-0.15, -0.1) is 11.3 Å². The predicted molar refractivity (Wildman–Crippen MR) is 104 cm³/mol. The van der Waals surface area contributed by atoms with E-state index in [1.807, 2.05) is 26.2 Å². The van der Waals surface area contributed by atoms with Gasteiger partial charge in [-0.2, -0.15) is 0 Å². The number of hydrogen-bond donors (Lipinski definition) is 1. The Morgan fingerprint density at radius 1 is 1.07 bits per heavy atom. The lowest BCUT2D eigenvalue weighted by atomic mass is 10.1. The normalized spacial score (nSPS) is 10.7. The molecule has 140 valence electrons. The number of aryl methyl sites for hydroxylation is 3. The van der Waals surface area contributed by atoms with Crippen molar-refractivity contribution in [3.05, 3.63) is 80.5 Å². The fraction of sp³-hybridized carbons (Fsp3) is 0.190. The number of carbonyl (C=O) groups is 1. The minimum Gasteiger partial charge on any atom is -0.488 e. The van der Waals surface area contributed by atoms with E-state index in [0.717, 1.165) is 34.6 Å². The van der Waals surface area contributed by atoms with Crippen LogP contribution in [0.4, 0.5) is 14.5 Å². The molecule has 0 radical (unpaired) electrons. The van der Waals surface area contributed by atoms with Gasteiger partial charge in [-0.25, -0.2) is 8.78 Å². The van der Waals surface area contributed by atoms with E-state index in [9.17, 15) is 13.6 Å². The SMILES string of the molecule is Cc1cc(C)c(OCc2csc(C(=O)Nc3ccc(F)cc3F)c2)c(C)c1. The monoisotopic (exact) mass is 387 g/mol. The molecule has 1 aromatic heterocycles. The van der Waals surface area contributed by atoms with Gasteiger partial charge in [0.05, 0.1) is 10.6 Å². The Bertz CT molecular complexity index is 975. The van der Waals surface area contributed by atoms with Crippen LogP contribution in [-0.2, 0) is 6.61 Å². The van der Waals surface area contributed by atoms with E-state index in [0.29, 0.717) is 11.5 Å². The molecule has 3 rings (SSSR count). The highest BCUT2D eigenvalue weighted by Gasteiger charge is 2.13. The Morgan fingerprint density at radius 3 is 2.44 bits per heavy atom. The maximum absolute atomic E-state index is 13.7. The largest absolute Gasteiger partial charge is 0.488 e. The number of carbonyl (C=O) groups excluding carboxylic acids is 1. The average molecular weight is 387 g/mol. The molecule has 0 saturated carbocycles. The van der Waals surface area contributed by atoms with E-state index >= 15 is 0 Å². The van der Waals surface area contributed by atoms with Gasteiger partial charge in [0.25, 0.3) is 5.91 Å². The van der Waals surface area contributed by atoms with Crippen molar-refractivity contribution in [1.29, 1.82) is 0 Å². The van der Waals surface area contributed by atoms with Crippen molar-refractivity contribution in [3.8, 4) is 5.75 Å². The Labute approximate surface area is 160 Å². The summed E-state index contributed by atoms with van der Waals surface area (Å²) in [5.74, 6) is -1.11. The van der Waals surface area contributed by atoms with Gasteiger partial charge in [-0.05, 0) is 55.5 Å². The molecule has 27 heavy (non-hydrogen) atoms. The molecule has 0 unspecified atom stereocenters. The molecule has 2 aromatic carbocycles. The average Bonchev–Trinajstić information content (AvgIpc) is 3.05. The Hall–Kier alpha value is -2.73. The molecule has 0 aliphatic rings. The summed E-state index contributed by atoms with van der Waals surface area (Å²) in [5.41, 5.74) is 4.10. The van der Waals surface area contributed by atoms with Gasteiger partial charge in [0, 0.05) is 11.6 Å². The van der Waals surface area contributed by atoms with E-state index in [1.165, 1.54) is 23.0 Å². The molecule has 6 heteroatoms. The molecule has 3 nitrogen and oxygen atoms in total. The highest BCUT2D eigenvalue weighted by molar-refractivity contribution is 7.12. The number of halogens is 2. The molecule has 0 saturated heterocycles. The van der Waals surface area contributed by atoms with Gasteiger partial charge >= 0.3 is 0 Å². The third-order valence-corrected chi connectivity index (χ3v) is 5.02. The molecule has 0 spiro atoms. The van der Waals surface area contributed by atoms with Gasteiger partial charge < -0.3 is 10.1 Å². The zero-order chi connectivity index (χ0) is 19.6. The van der Waals surface area contributed by atoms with Gasteiger partial charge in [0.2, 0.25) is 0 Å². The minimum atomic E-state index is -0.811. The first kappa shape index (κ1) is 19.0. The van der Waals surface area contributed by atoms with Crippen LogP contribution in [0.25, 0.3) is 0 Å². The van der Waals surface area contributed by atoms with E-state index in [1.54, 1.807) is 6.07 Å². The van der Waals surface area contributed by atoms with Crippen molar-refractivity contribution in [2.45, 2.75) is 27.4 Å². The summed E-state index contributed by atoms with van der Waals surface area (Å²) in [6, 6.07) is 8.86. The van der Waals surface area contributed by atoms with Crippen LogP contribution in [0.2, 0.25) is 0 Å². The third kappa shape index (κ3) is 4.52. The van der Waals surface area contributed by atoms with Crippen LogP contribution in [0.1, 0.15) is 31.9 Å². The molecule has 1 N–H and O–H groups in total. The Kier molecular flexibility index (Phi) is 5.56. The second-order valence-electron chi connectivity index (χ2n) is 6.41. The second-order valence-corrected chi connectivity index (χ2v) is 7.33. The molecule has 0 aliphatic carbocycles. The van der Waals surface area contributed by atoms with Crippen molar-refractivity contribution < 1.29 is 18.3 Å². The molecular weight excluding hydrogens is 368 g/mol. The molecule has 1 heterocycles. The zero-order valence-corrected chi connectivity index (χ0v) is 16.0. The lowest BCUT2D eigenvalue weighted by Crippen LogP contribution is -2.11. The van der Waals surface area contributed by atoms with Gasteiger partial charge in [0.15, 0.2) is 0 Å². The third-order valence-electron chi connectivity index (χ3n) is 4.04. The lowest BCUT2D eigenvalue weighted by molar-refractivity contribution is 0.103. The summed E-state index contributed by atoms with van der Waals surface area (Å²) in [5, 5.41) is 4.28. The number of nitrogens with one attached hydrogen (secondary N) is 1. The molecule has 0 atom stereocenters. The first-order valence-electron chi connectivity index (χ1n) is 8.38. The van der Waals surface area contributed by atoms with E-state index < -0.39 is 17.5 Å². The summed E-state index contributed by atoms with van der Waals surface area (Å²) >= 11 is 1.24. The maximum atomic E-state index is 13.7. The van der Waals surface area contributed by atoms with Crippen LogP contribution >= 0.6 is 11.3 Å². The Balaban J connectivity index is 1.67. The number of hydrogen-bond acceptors (Lipinski definition) is 3. The van der Waals surface area contributed by atoms with Crippen LogP contribution in [0.3, 0.4) is 0 Å². The number of anilines is 1. The Morgan fingerprint density at radius 2 is 1.78 bits per heavy atom. The first-order chi connectivity index (χ1) is 12.8. The van der Waals surface area contributed by atoms with E-state index in [-0.39, 0.29) is 5.69 Å². The summed E-state index contributed by atoms with van der Waals surface area (Å²) in [6.07, 6.45) is 0. The summed E-state index contributed by atoms with van der Waals surface area (Å²) < 4.78 is 32.5. The number of thiophene rings is 1. The number of ether oxygens (including phenoxy) is 1. The fourth-order valence-electron chi connectivity index (χ4n) is 2.90. The van der Waals surface area contributed by atoms with Crippen molar-refractivity contribution >= 4 is 22.9 Å². The van der Waals surface area contributed by atoms with Gasteiger partial charge in [-0.3, -0.25) is 4.79 Å². The zero-order valence-electron chi connectivity index (χ0n) is 15.2. The molecule has 3 aromatic rings. The number of amides is 1. The molecule has 0 bridgehead atoms. The topological polar surface area (TPSA) is 38.3 Å². The smallest absolute Gasteiger partial charge is 0.265 e. The van der Waals surface area contributed by atoms with Crippen molar-refractivity contribution in [2.75, 3.05) is 5.32 Å². The number of rotatable bonds is 5. The van der Waals surface area contributed by atoms with Crippen LogP contribution in [-0.4, -0.2) is 5.91 Å². The van der Waals surface area contributed by atoms with Crippen LogP contribution < -0.4 is 10.1 Å².